The summed E-state index contributed by atoms with van der Waals surface area (Å²) in [5, 5.41) is 9.73. The third kappa shape index (κ3) is 5.83. The van der Waals surface area contributed by atoms with E-state index in [0.29, 0.717) is 11.6 Å². The predicted octanol–water partition coefficient (Wildman–Crippen LogP) is 7.96. The third-order valence-electron chi connectivity index (χ3n) is 8.11. The molecule has 0 aliphatic heterocycles. The number of benzene rings is 2. The van der Waals surface area contributed by atoms with Gasteiger partial charge in [-0.25, -0.2) is 0 Å². The van der Waals surface area contributed by atoms with Gasteiger partial charge in [0.15, 0.2) is 0 Å². The zero-order chi connectivity index (χ0) is 30.5. The maximum Gasteiger partial charge on any atom is 2.00 e. The van der Waals surface area contributed by atoms with Gasteiger partial charge in [-0.05, 0) is 90.0 Å². The Morgan fingerprint density at radius 3 is 1.30 bits per heavy atom. The van der Waals surface area contributed by atoms with Gasteiger partial charge >= 0.3 is 20.4 Å². The average Bonchev–Trinajstić information content (AvgIpc) is 3.63. The fraction of sp³-hybridized carbons (Fsp3) is 0.243. The molecule has 0 saturated carbocycles. The summed E-state index contributed by atoms with van der Waals surface area (Å²) >= 11 is 0. The Bertz CT molecular complexity index is 1790. The first-order chi connectivity index (χ1) is 20.5. The first kappa shape index (κ1) is 31.3. The molecule has 0 atom stereocenters. The SMILES string of the molecule is Cc1cc(C)c(-c2c[c-]n(-c3cccc(C(C)(C)c4cccc(-n5[c-]cc(-c6c(C)cc(C)cc6C)n5)n4)n3)n2)c(C)c1.[Pd+2]. The third-order valence-corrected chi connectivity index (χ3v) is 8.11. The van der Waals surface area contributed by atoms with Crippen molar-refractivity contribution in [1.82, 2.24) is 29.5 Å². The summed E-state index contributed by atoms with van der Waals surface area (Å²) in [6.45, 7) is 17.0. The van der Waals surface area contributed by atoms with Gasteiger partial charge in [0.1, 0.15) is 0 Å². The summed E-state index contributed by atoms with van der Waals surface area (Å²) in [7, 11) is 0. The topological polar surface area (TPSA) is 61.4 Å². The number of rotatable bonds is 6. The minimum atomic E-state index is -0.480. The number of aromatic nitrogens is 6. The first-order valence-electron chi connectivity index (χ1n) is 14.6. The van der Waals surface area contributed by atoms with Crippen LogP contribution >= 0.6 is 0 Å². The standard InChI is InChI=1S/C37H36N6.Pd/c1-23-19-25(3)35(26(4)20-23)29-15-17-42(40-29)33-13-9-11-31(38-33)37(7,8)32-12-10-14-34(39-32)43-18-16-30(41-43)36-27(5)21-24(2)22-28(36)6;/h9-16,19-22H,1-8H3;/q-2;+2. The summed E-state index contributed by atoms with van der Waals surface area (Å²) in [4.78, 5) is 10.1. The van der Waals surface area contributed by atoms with Crippen molar-refractivity contribution >= 4 is 0 Å². The van der Waals surface area contributed by atoms with E-state index in [4.69, 9.17) is 20.2 Å². The van der Waals surface area contributed by atoms with Gasteiger partial charge in [-0.3, -0.25) is 20.2 Å². The summed E-state index contributed by atoms with van der Waals surface area (Å²) in [5.74, 6) is 1.42. The molecule has 44 heavy (non-hydrogen) atoms. The summed E-state index contributed by atoms with van der Waals surface area (Å²) in [6, 6.07) is 24.7. The Morgan fingerprint density at radius 2 is 0.932 bits per heavy atom. The van der Waals surface area contributed by atoms with Crippen LogP contribution < -0.4 is 0 Å². The van der Waals surface area contributed by atoms with Gasteiger partial charge in [0, 0.05) is 16.8 Å². The molecule has 0 N–H and O–H groups in total. The Morgan fingerprint density at radius 1 is 0.568 bits per heavy atom. The molecule has 0 amide bonds. The van der Waals surface area contributed by atoms with Crippen LogP contribution in [0.15, 0.2) is 72.8 Å². The number of pyridine rings is 2. The van der Waals surface area contributed by atoms with E-state index >= 15 is 0 Å². The van der Waals surface area contributed by atoms with E-state index < -0.39 is 5.41 Å². The minimum Gasteiger partial charge on any atom is -0.343 e. The first-order valence-corrected chi connectivity index (χ1v) is 14.6. The van der Waals surface area contributed by atoms with Crippen molar-refractivity contribution in [1.29, 1.82) is 0 Å². The van der Waals surface area contributed by atoms with Crippen LogP contribution in [0.2, 0.25) is 0 Å². The van der Waals surface area contributed by atoms with Gasteiger partial charge < -0.3 is 9.36 Å². The molecule has 2 aromatic carbocycles. The van der Waals surface area contributed by atoms with E-state index in [-0.39, 0.29) is 20.4 Å². The Labute approximate surface area is 273 Å². The van der Waals surface area contributed by atoms with Gasteiger partial charge in [0.2, 0.25) is 0 Å². The molecule has 0 aliphatic rings. The van der Waals surface area contributed by atoms with Crippen molar-refractivity contribution in [2.45, 2.75) is 60.8 Å². The zero-order valence-electron chi connectivity index (χ0n) is 26.4. The molecular weight excluding hydrogens is 635 g/mol. The zero-order valence-corrected chi connectivity index (χ0v) is 28.0. The van der Waals surface area contributed by atoms with Gasteiger partial charge in [0.25, 0.3) is 0 Å². The molecule has 0 unspecified atom stereocenters. The summed E-state index contributed by atoms with van der Waals surface area (Å²) < 4.78 is 3.46. The molecule has 4 heterocycles. The van der Waals surface area contributed by atoms with Crippen molar-refractivity contribution in [3.8, 4) is 34.2 Å². The molecular formula is C37H36N6Pd. The number of aryl methyl sites for hydroxylation is 6. The minimum absolute atomic E-state index is 0. The molecule has 224 valence electrons. The van der Waals surface area contributed by atoms with Gasteiger partial charge in [-0.2, -0.15) is 0 Å². The van der Waals surface area contributed by atoms with E-state index in [1.165, 1.54) is 33.4 Å². The van der Waals surface area contributed by atoms with E-state index in [1.54, 1.807) is 9.36 Å². The molecule has 4 aromatic heterocycles. The monoisotopic (exact) mass is 670 g/mol. The van der Waals surface area contributed by atoms with E-state index in [0.717, 1.165) is 33.9 Å². The maximum absolute atomic E-state index is 5.03. The van der Waals surface area contributed by atoms with Crippen molar-refractivity contribution in [3.63, 3.8) is 0 Å². The van der Waals surface area contributed by atoms with E-state index in [2.05, 4.69) is 92.0 Å². The normalized spacial score (nSPS) is 11.5. The molecule has 7 heteroatoms. The van der Waals surface area contributed by atoms with Crippen molar-refractivity contribution < 1.29 is 20.4 Å². The average molecular weight is 671 g/mol. The van der Waals surface area contributed by atoms with Crippen LogP contribution in [0.4, 0.5) is 0 Å². The van der Waals surface area contributed by atoms with Crippen LogP contribution in [0.5, 0.6) is 0 Å². The van der Waals surface area contributed by atoms with Gasteiger partial charge in [0.05, 0.1) is 11.6 Å². The smallest absolute Gasteiger partial charge is 0.343 e. The second-order valence-electron chi connectivity index (χ2n) is 12.1. The Kier molecular flexibility index (Phi) is 8.58. The maximum atomic E-state index is 5.03. The summed E-state index contributed by atoms with van der Waals surface area (Å²) in [5.41, 5.74) is 12.7. The second-order valence-corrected chi connectivity index (χ2v) is 12.1. The molecule has 0 fully saturated rings. The summed E-state index contributed by atoms with van der Waals surface area (Å²) in [6.07, 6.45) is 6.55. The fourth-order valence-electron chi connectivity index (χ4n) is 6.13. The largest absolute Gasteiger partial charge is 2.00 e. The van der Waals surface area contributed by atoms with Crippen LogP contribution in [0.1, 0.15) is 58.6 Å². The quantitative estimate of drug-likeness (QED) is 0.133. The van der Waals surface area contributed by atoms with Crippen LogP contribution in [0.3, 0.4) is 0 Å². The Hall–Kier alpha value is -4.18. The number of nitrogens with zero attached hydrogens (tertiary/aromatic N) is 6. The molecule has 0 spiro atoms. The van der Waals surface area contributed by atoms with Crippen LogP contribution in [0, 0.1) is 53.9 Å². The van der Waals surface area contributed by atoms with Gasteiger partial charge in [-0.1, -0.05) is 94.3 Å². The van der Waals surface area contributed by atoms with Crippen LogP contribution in [0.25, 0.3) is 34.2 Å². The molecule has 0 aliphatic carbocycles. The Balaban J connectivity index is 0.00000384. The van der Waals surface area contributed by atoms with Crippen LogP contribution in [-0.2, 0) is 25.8 Å². The van der Waals surface area contributed by atoms with Crippen molar-refractivity contribution in [2.75, 3.05) is 0 Å². The molecule has 0 saturated heterocycles. The fourth-order valence-corrected chi connectivity index (χ4v) is 6.13. The second kappa shape index (κ2) is 12.1. The van der Waals surface area contributed by atoms with Crippen molar-refractivity contribution in [3.05, 3.63) is 130 Å². The predicted molar refractivity (Wildman–Crippen MR) is 172 cm³/mol. The van der Waals surface area contributed by atoms with Crippen LogP contribution in [-0.4, -0.2) is 29.5 Å². The molecule has 6 rings (SSSR count). The van der Waals surface area contributed by atoms with Crippen molar-refractivity contribution in [2.24, 2.45) is 0 Å². The molecule has 0 bridgehead atoms. The molecule has 6 aromatic rings. The molecule has 6 nitrogen and oxygen atoms in total. The van der Waals surface area contributed by atoms with E-state index in [1.807, 2.05) is 48.5 Å². The van der Waals surface area contributed by atoms with Gasteiger partial charge in [-0.15, -0.1) is 12.1 Å². The van der Waals surface area contributed by atoms with E-state index in [9.17, 15) is 0 Å². The number of hydrogen-bond acceptors (Lipinski definition) is 4. The molecule has 0 radical (unpaired) electrons. The number of hydrogen-bond donors (Lipinski definition) is 0.